The van der Waals surface area contributed by atoms with E-state index in [0.29, 0.717) is 19.6 Å². The van der Waals surface area contributed by atoms with Gasteiger partial charge in [-0.15, -0.1) is 0 Å². The fourth-order valence-corrected chi connectivity index (χ4v) is 1.91. The number of carbonyl (C=O) groups excluding carboxylic acids is 2. The number of esters is 1. The van der Waals surface area contributed by atoms with E-state index >= 15 is 0 Å². The van der Waals surface area contributed by atoms with Crippen LogP contribution in [0.3, 0.4) is 0 Å². The highest BCUT2D eigenvalue weighted by Crippen LogP contribution is 2.15. The summed E-state index contributed by atoms with van der Waals surface area (Å²) < 4.78 is 9.99. The van der Waals surface area contributed by atoms with Gasteiger partial charge in [-0.25, -0.2) is 4.79 Å². The predicted molar refractivity (Wildman–Crippen MR) is 80.0 cm³/mol. The van der Waals surface area contributed by atoms with Crippen LogP contribution in [-0.4, -0.2) is 55.3 Å². The lowest BCUT2D eigenvalue weighted by Gasteiger charge is -2.29. The Hall–Kier alpha value is -1.56. The number of carbonyl (C=O) groups is 2. The largest absolute Gasteiger partial charge is 0.468 e. The standard InChI is InChI=1S/C15H26N2O4/c1-11(13(18)20-5)16-10-12-6-8-17(9-7-12)14(19)21-15(2,3)4/h6,11,16H,7-10H2,1-5H3. The highest BCUT2D eigenvalue weighted by Gasteiger charge is 2.23. The highest BCUT2D eigenvalue weighted by atomic mass is 16.6. The quantitative estimate of drug-likeness (QED) is 0.632. The first-order valence-corrected chi connectivity index (χ1v) is 7.20. The van der Waals surface area contributed by atoms with E-state index < -0.39 is 5.60 Å². The van der Waals surface area contributed by atoms with Crippen molar-refractivity contribution in [1.29, 1.82) is 0 Å². The molecule has 1 unspecified atom stereocenters. The highest BCUT2D eigenvalue weighted by molar-refractivity contribution is 5.75. The molecule has 1 amide bonds. The summed E-state index contributed by atoms with van der Waals surface area (Å²) in [5.41, 5.74) is 0.712. The zero-order valence-electron chi connectivity index (χ0n) is 13.6. The molecule has 0 radical (unpaired) electrons. The minimum Gasteiger partial charge on any atom is -0.468 e. The molecule has 0 aromatic rings. The normalized spacial score (nSPS) is 17.0. The third kappa shape index (κ3) is 6.16. The Labute approximate surface area is 126 Å². The Balaban J connectivity index is 2.40. The molecule has 0 saturated heterocycles. The van der Waals surface area contributed by atoms with E-state index in [1.165, 1.54) is 12.7 Å². The van der Waals surface area contributed by atoms with Crippen LogP contribution in [-0.2, 0) is 14.3 Å². The number of methoxy groups -OCH3 is 1. The molecule has 0 aromatic carbocycles. The van der Waals surface area contributed by atoms with Crippen molar-refractivity contribution < 1.29 is 19.1 Å². The van der Waals surface area contributed by atoms with E-state index in [9.17, 15) is 9.59 Å². The molecule has 1 atom stereocenters. The molecule has 0 fully saturated rings. The summed E-state index contributed by atoms with van der Waals surface area (Å²) in [6, 6.07) is -0.334. The van der Waals surface area contributed by atoms with Gasteiger partial charge in [-0.1, -0.05) is 11.6 Å². The molecule has 6 nitrogen and oxygen atoms in total. The molecule has 0 aromatic heterocycles. The number of amides is 1. The Morgan fingerprint density at radius 3 is 2.57 bits per heavy atom. The Bertz CT molecular complexity index is 412. The summed E-state index contributed by atoms with van der Waals surface area (Å²) >= 11 is 0. The van der Waals surface area contributed by atoms with Gasteiger partial charge >= 0.3 is 12.1 Å². The zero-order valence-corrected chi connectivity index (χ0v) is 13.6. The lowest BCUT2D eigenvalue weighted by atomic mass is 10.1. The van der Waals surface area contributed by atoms with Crippen molar-refractivity contribution in [2.45, 2.75) is 45.8 Å². The molecule has 21 heavy (non-hydrogen) atoms. The second-order valence-electron chi connectivity index (χ2n) is 6.16. The van der Waals surface area contributed by atoms with Crippen molar-refractivity contribution in [2.75, 3.05) is 26.7 Å². The van der Waals surface area contributed by atoms with E-state index in [1.807, 2.05) is 26.8 Å². The molecule has 0 aliphatic carbocycles. The first-order chi connectivity index (χ1) is 9.73. The molecule has 1 heterocycles. The summed E-state index contributed by atoms with van der Waals surface area (Å²) in [6.07, 6.45) is 2.50. The van der Waals surface area contributed by atoms with Gasteiger partial charge in [0, 0.05) is 19.6 Å². The summed E-state index contributed by atoms with van der Waals surface area (Å²) in [5.74, 6) is -0.276. The molecule has 1 rings (SSSR count). The molecular weight excluding hydrogens is 272 g/mol. The SMILES string of the molecule is COC(=O)C(C)NCC1=CCN(C(=O)OC(C)(C)C)CC1. The molecule has 0 bridgehead atoms. The minimum atomic E-state index is -0.474. The lowest BCUT2D eigenvalue weighted by Crippen LogP contribution is -2.41. The van der Waals surface area contributed by atoms with Crippen LogP contribution in [0.2, 0.25) is 0 Å². The number of hydrogen-bond acceptors (Lipinski definition) is 5. The number of ether oxygens (including phenoxy) is 2. The second kappa shape index (κ2) is 7.45. The number of nitrogens with one attached hydrogen (secondary N) is 1. The van der Waals surface area contributed by atoms with E-state index in [-0.39, 0.29) is 18.1 Å². The van der Waals surface area contributed by atoms with Crippen LogP contribution in [0.4, 0.5) is 4.79 Å². The molecule has 1 aliphatic rings. The fourth-order valence-electron chi connectivity index (χ4n) is 1.91. The van der Waals surface area contributed by atoms with Crippen molar-refractivity contribution >= 4 is 12.1 Å². The van der Waals surface area contributed by atoms with E-state index in [0.717, 1.165) is 6.42 Å². The number of hydrogen-bond donors (Lipinski definition) is 1. The number of nitrogens with zero attached hydrogens (tertiary/aromatic N) is 1. The third-order valence-electron chi connectivity index (χ3n) is 3.14. The Morgan fingerprint density at radius 2 is 2.10 bits per heavy atom. The van der Waals surface area contributed by atoms with Gasteiger partial charge in [0.05, 0.1) is 7.11 Å². The van der Waals surface area contributed by atoms with E-state index in [2.05, 4.69) is 10.1 Å². The van der Waals surface area contributed by atoms with Gasteiger partial charge in [-0.05, 0) is 34.1 Å². The van der Waals surface area contributed by atoms with Gasteiger partial charge in [-0.3, -0.25) is 4.79 Å². The van der Waals surface area contributed by atoms with Crippen molar-refractivity contribution in [3.05, 3.63) is 11.6 Å². The fraction of sp³-hybridized carbons (Fsp3) is 0.733. The first-order valence-electron chi connectivity index (χ1n) is 7.20. The maximum Gasteiger partial charge on any atom is 0.410 e. The van der Waals surface area contributed by atoms with Crippen molar-refractivity contribution in [3.8, 4) is 0 Å². The molecule has 1 N–H and O–H groups in total. The van der Waals surface area contributed by atoms with Crippen LogP contribution < -0.4 is 5.32 Å². The van der Waals surface area contributed by atoms with Crippen LogP contribution >= 0.6 is 0 Å². The third-order valence-corrected chi connectivity index (χ3v) is 3.14. The van der Waals surface area contributed by atoms with Crippen LogP contribution in [0.25, 0.3) is 0 Å². The molecule has 1 aliphatic heterocycles. The predicted octanol–water partition coefficient (Wildman–Crippen LogP) is 1.70. The topological polar surface area (TPSA) is 67.9 Å². The van der Waals surface area contributed by atoms with Gasteiger partial charge in [0.1, 0.15) is 11.6 Å². The zero-order chi connectivity index (χ0) is 16.0. The van der Waals surface area contributed by atoms with Gasteiger partial charge in [-0.2, -0.15) is 0 Å². The summed E-state index contributed by atoms with van der Waals surface area (Å²) in [6.45, 7) is 9.13. The van der Waals surface area contributed by atoms with Crippen molar-refractivity contribution in [1.82, 2.24) is 10.2 Å². The first kappa shape index (κ1) is 17.5. The Morgan fingerprint density at radius 1 is 1.43 bits per heavy atom. The molecule has 0 saturated carbocycles. The van der Waals surface area contributed by atoms with Crippen molar-refractivity contribution in [2.24, 2.45) is 0 Å². The lowest BCUT2D eigenvalue weighted by molar-refractivity contribution is -0.142. The molecule has 0 spiro atoms. The van der Waals surface area contributed by atoms with Crippen LogP contribution in [0.15, 0.2) is 11.6 Å². The average Bonchev–Trinajstić information content (AvgIpc) is 2.42. The summed E-state index contributed by atoms with van der Waals surface area (Å²) in [4.78, 5) is 24.9. The van der Waals surface area contributed by atoms with Gasteiger partial charge in [0.15, 0.2) is 0 Å². The van der Waals surface area contributed by atoms with Crippen molar-refractivity contribution in [3.63, 3.8) is 0 Å². The van der Waals surface area contributed by atoms with E-state index in [1.54, 1.807) is 11.8 Å². The minimum absolute atomic E-state index is 0.276. The summed E-state index contributed by atoms with van der Waals surface area (Å²) in [5, 5.41) is 3.11. The van der Waals surface area contributed by atoms with Gasteiger partial charge in [0.25, 0.3) is 0 Å². The molecule has 6 heteroatoms. The second-order valence-corrected chi connectivity index (χ2v) is 6.16. The van der Waals surface area contributed by atoms with Crippen LogP contribution in [0, 0.1) is 0 Å². The maximum atomic E-state index is 11.9. The van der Waals surface area contributed by atoms with E-state index in [4.69, 9.17) is 4.74 Å². The monoisotopic (exact) mass is 298 g/mol. The van der Waals surface area contributed by atoms with Crippen LogP contribution in [0.5, 0.6) is 0 Å². The van der Waals surface area contributed by atoms with Gasteiger partial charge in [0.2, 0.25) is 0 Å². The maximum absolute atomic E-state index is 11.9. The van der Waals surface area contributed by atoms with Crippen LogP contribution in [0.1, 0.15) is 34.1 Å². The molecular formula is C15H26N2O4. The van der Waals surface area contributed by atoms with Gasteiger partial charge < -0.3 is 19.7 Å². The Kier molecular flexibility index (Phi) is 6.20. The summed E-state index contributed by atoms with van der Waals surface area (Å²) in [7, 11) is 1.37. The molecule has 120 valence electrons. The smallest absolute Gasteiger partial charge is 0.410 e. The number of rotatable bonds is 4. The average molecular weight is 298 g/mol.